The Morgan fingerprint density at radius 2 is 2.11 bits per heavy atom. The van der Waals surface area contributed by atoms with E-state index < -0.39 is 0 Å². The van der Waals surface area contributed by atoms with E-state index in [-0.39, 0.29) is 5.60 Å². The predicted octanol–water partition coefficient (Wildman–Crippen LogP) is 3.19. The zero-order valence-electron chi connectivity index (χ0n) is 10.9. The molecule has 3 rings (SSSR count). The Labute approximate surface area is 115 Å². The van der Waals surface area contributed by atoms with Crippen molar-refractivity contribution in [1.82, 2.24) is 10.1 Å². The topological polar surface area (TPSA) is 74.2 Å². The monoisotopic (exact) mass is 279 g/mol. The molecular weight excluding hydrogens is 262 g/mol. The van der Waals surface area contributed by atoms with Crippen molar-refractivity contribution in [3.63, 3.8) is 0 Å². The Morgan fingerprint density at radius 1 is 1.32 bits per heavy atom. The number of nitrogens with two attached hydrogens (primary N) is 1. The minimum absolute atomic E-state index is 0.372. The van der Waals surface area contributed by atoms with E-state index in [4.69, 9.17) is 15.0 Å². The van der Waals surface area contributed by atoms with Crippen LogP contribution < -0.4 is 5.73 Å². The lowest BCUT2D eigenvalue weighted by molar-refractivity contribution is -0.0527. The zero-order valence-corrected chi connectivity index (χ0v) is 11.7. The van der Waals surface area contributed by atoms with E-state index in [1.54, 1.807) is 7.11 Å². The van der Waals surface area contributed by atoms with Crippen molar-refractivity contribution >= 4 is 16.3 Å². The number of hydrogen-bond acceptors (Lipinski definition) is 6. The van der Waals surface area contributed by atoms with Crippen LogP contribution in [0, 0.1) is 0 Å². The van der Waals surface area contributed by atoms with Gasteiger partial charge in [0.15, 0.2) is 0 Å². The first-order chi connectivity index (χ1) is 9.23. The second-order valence-corrected chi connectivity index (χ2v) is 6.00. The van der Waals surface area contributed by atoms with Gasteiger partial charge in [0.05, 0.1) is 9.88 Å². The number of hydrogen-bond donors (Lipinski definition) is 1. The Kier molecular flexibility index (Phi) is 3.28. The summed E-state index contributed by atoms with van der Waals surface area (Å²) in [6.45, 7) is 0. The predicted molar refractivity (Wildman–Crippen MR) is 73.8 cm³/mol. The molecule has 19 heavy (non-hydrogen) atoms. The van der Waals surface area contributed by atoms with Crippen molar-refractivity contribution in [1.29, 1.82) is 0 Å². The SMILES string of the molecule is COC1(c2noc(-c3ccc(N)s3)n2)CCCCC1. The molecule has 0 atom stereocenters. The molecule has 0 spiro atoms. The molecule has 0 aromatic carbocycles. The van der Waals surface area contributed by atoms with Gasteiger partial charge in [0, 0.05) is 7.11 Å². The number of nitrogens with zero attached hydrogens (tertiary/aromatic N) is 2. The standard InChI is InChI=1S/C13H17N3O2S/c1-17-13(7-3-2-4-8-13)12-15-11(18-16-12)9-5-6-10(14)19-9/h5-6H,2-4,7-8,14H2,1H3. The average Bonchev–Trinajstić information content (AvgIpc) is 3.08. The van der Waals surface area contributed by atoms with Crippen molar-refractivity contribution in [2.45, 2.75) is 37.7 Å². The third kappa shape index (κ3) is 2.26. The van der Waals surface area contributed by atoms with Crippen LogP contribution in [-0.2, 0) is 10.3 Å². The first kappa shape index (κ1) is 12.6. The van der Waals surface area contributed by atoms with Crippen LogP contribution >= 0.6 is 11.3 Å². The first-order valence-electron chi connectivity index (χ1n) is 6.48. The van der Waals surface area contributed by atoms with E-state index in [0.717, 1.165) is 35.6 Å². The van der Waals surface area contributed by atoms with Crippen LogP contribution in [0.1, 0.15) is 37.9 Å². The van der Waals surface area contributed by atoms with Gasteiger partial charge < -0.3 is 15.0 Å². The summed E-state index contributed by atoms with van der Waals surface area (Å²) in [5.41, 5.74) is 5.35. The summed E-state index contributed by atoms with van der Waals surface area (Å²) in [4.78, 5) is 5.41. The first-order valence-corrected chi connectivity index (χ1v) is 7.30. The smallest absolute Gasteiger partial charge is 0.268 e. The number of aromatic nitrogens is 2. The highest BCUT2D eigenvalue weighted by atomic mass is 32.1. The average molecular weight is 279 g/mol. The van der Waals surface area contributed by atoms with Gasteiger partial charge >= 0.3 is 0 Å². The molecule has 1 saturated carbocycles. The zero-order chi connectivity index (χ0) is 13.3. The summed E-state index contributed by atoms with van der Waals surface area (Å²) in [5, 5.41) is 4.87. The van der Waals surface area contributed by atoms with E-state index in [0.29, 0.717) is 11.7 Å². The highest BCUT2D eigenvalue weighted by molar-refractivity contribution is 7.19. The van der Waals surface area contributed by atoms with Gasteiger partial charge in [-0.3, -0.25) is 0 Å². The molecule has 5 nitrogen and oxygen atoms in total. The lowest BCUT2D eigenvalue weighted by atomic mass is 9.84. The van der Waals surface area contributed by atoms with Crippen molar-refractivity contribution in [2.24, 2.45) is 0 Å². The third-order valence-electron chi connectivity index (χ3n) is 3.72. The Balaban J connectivity index is 1.91. The number of anilines is 1. The van der Waals surface area contributed by atoms with Gasteiger partial charge in [-0.25, -0.2) is 0 Å². The molecular formula is C13H17N3O2S. The largest absolute Gasteiger partial charge is 0.391 e. The van der Waals surface area contributed by atoms with Crippen LogP contribution in [0.5, 0.6) is 0 Å². The van der Waals surface area contributed by atoms with E-state index in [1.807, 2.05) is 12.1 Å². The second-order valence-electron chi connectivity index (χ2n) is 4.88. The molecule has 102 valence electrons. The normalized spacial score (nSPS) is 18.6. The number of nitrogen functional groups attached to an aromatic ring is 1. The molecule has 1 aliphatic carbocycles. The molecule has 0 bridgehead atoms. The lowest BCUT2D eigenvalue weighted by Gasteiger charge is -2.32. The maximum atomic E-state index is 5.72. The van der Waals surface area contributed by atoms with Gasteiger partial charge in [0.1, 0.15) is 5.60 Å². The van der Waals surface area contributed by atoms with Gasteiger partial charge in [-0.1, -0.05) is 24.4 Å². The molecule has 2 N–H and O–H groups in total. The minimum Gasteiger partial charge on any atom is -0.391 e. The summed E-state index contributed by atoms with van der Waals surface area (Å²) in [5.74, 6) is 1.19. The number of thiophene rings is 1. The van der Waals surface area contributed by atoms with Crippen LogP contribution in [0.4, 0.5) is 5.00 Å². The molecule has 0 aliphatic heterocycles. The molecule has 0 saturated heterocycles. The maximum Gasteiger partial charge on any atom is 0.268 e. The van der Waals surface area contributed by atoms with Gasteiger partial charge in [0.25, 0.3) is 5.89 Å². The van der Waals surface area contributed by atoms with Crippen molar-refractivity contribution in [3.8, 4) is 10.8 Å². The highest BCUT2D eigenvalue weighted by Gasteiger charge is 2.38. The van der Waals surface area contributed by atoms with Crippen molar-refractivity contribution in [2.75, 3.05) is 12.8 Å². The van der Waals surface area contributed by atoms with Crippen LogP contribution in [0.2, 0.25) is 0 Å². The van der Waals surface area contributed by atoms with Gasteiger partial charge in [-0.2, -0.15) is 4.98 Å². The number of ether oxygens (including phenoxy) is 1. The molecule has 2 heterocycles. The van der Waals surface area contributed by atoms with Crippen LogP contribution in [-0.4, -0.2) is 17.3 Å². The van der Waals surface area contributed by atoms with Gasteiger partial charge in [-0.05, 0) is 25.0 Å². The summed E-state index contributed by atoms with van der Waals surface area (Å²) >= 11 is 1.45. The number of methoxy groups -OCH3 is 1. The molecule has 1 fully saturated rings. The molecule has 0 unspecified atom stereocenters. The van der Waals surface area contributed by atoms with Crippen LogP contribution in [0.25, 0.3) is 10.8 Å². The summed E-state index contributed by atoms with van der Waals surface area (Å²) in [6, 6.07) is 3.74. The third-order valence-corrected chi connectivity index (χ3v) is 4.63. The van der Waals surface area contributed by atoms with Crippen molar-refractivity contribution in [3.05, 3.63) is 18.0 Å². The van der Waals surface area contributed by atoms with E-state index in [9.17, 15) is 0 Å². The second kappa shape index (κ2) is 4.94. The minimum atomic E-state index is -0.372. The Hall–Kier alpha value is -1.40. The van der Waals surface area contributed by atoms with E-state index in [1.165, 1.54) is 17.8 Å². The maximum absolute atomic E-state index is 5.72. The Morgan fingerprint density at radius 3 is 2.74 bits per heavy atom. The lowest BCUT2D eigenvalue weighted by Crippen LogP contribution is -2.32. The fraction of sp³-hybridized carbons (Fsp3) is 0.538. The summed E-state index contributed by atoms with van der Waals surface area (Å²) in [7, 11) is 1.73. The number of rotatable bonds is 3. The van der Waals surface area contributed by atoms with Crippen molar-refractivity contribution < 1.29 is 9.26 Å². The highest BCUT2D eigenvalue weighted by Crippen LogP contribution is 2.39. The quantitative estimate of drug-likeness (QED) is 0.934. The fourth-order valence-corrected chi connectivity index (χ4v) is 3.31. The van der Waals surface area contributed by atoms with Gasteiger partial charge in [0.2, 0.25) is 5.82 Å². The Bertz CT molecular complexity index is 558. The molecule has 2 aromatic rings. The van der Waals surface area contributed by atoms with E-state index >= 15 is 0 Å². The summed E-state index contributed by atoms with van der Waals surface area (Å²) < 4.78 is 11.1. The summed E-state index contributed by atoms with van der Waals surface area (Å²) in [6.07, 6.45) is 5.44. The van der Waals surface area contributed by atoms with Crippen LogP contribution in [0.15, 0.2) is 16.7 Å². The fourth-order valence-electron chi connectivity index (χ4n) is 2.62. The molecule has 1 aliphatic rings. The van der Waals surface area contributed by atoms with Crippen LogP contribution in [0.3, 0.4) is 0 Å². The molecule has 2 aromatic heterocycles. The van der Waals surface area contributed by atoms with E-state index in [2.05, 4.69) is 10.1 Å². The molecule has 0 radical (unpaired) electrons. The molecule has 6 heteroatoms. The molecule has 0 amide bonds. The van der Waals surface area contributed by atoms with Gasteiger partial charge in [-0.15, -0.1) is 11.3 Å².